The van der Waals surface area contributed by atoms with Crippen LogP contribution in [0, 0.1) is 0 Å². The van der Waals surface area contributed by atoms with Gasteiger partial charge in [-0.25, -0.2) is 0 Å². The molecule has 0 fully saturated rings. The monoisotopic (exact) mass is 260 g/mol. The molecule has 1 N–H and O–H groups in total. The minimum Gasteiger partial charge on any atom is -0.493 e. The van der Waals surface area contributed by atoms with Gasteiger partial charge in [0, 0.05) is 11.4 Å². The summed E-state index contributed by atoms with van der Waals surface area (Å²) >= 11 is 3.28. The summed E-state index contributed by atoms with van der Waals surface area (Å²) in [5.41, 5.74) is 0. The first-order chi connectivity index (χ1) is 6.86. The molecule has 1 aromatic rings. The highest BCUT2D eigenvalue weighted by molar-refractivity contribution is 9.09. The van der Waals surface area contributed by atoms with E-state index in [2.05, 4.69) is 15.9 Å². The summed E-state index contributed by atoms with van der Waals surface area (Å²) in [7, 11) is 0. The first-order valence-electron chi connectivity index (χ1n) is 4.39. The summed E-state index contributed by atoms with van der Waals surface area (Å²) in [4.78, 5) is 0. The van der Waals surface area contributed by atoms with Crippen molar-refractivity contribution < 1.29 is 14.6 Å². The predicted molar refractivity (Wildman–Crippen MR) is 58.3 cm³/mol. The van der Waals surface area contributed by atoms with Crippen LogP contribution in [-0.4, -0.2) is 30.3 Å². The molecule has 0 aliphatic heterocycles. The van der Waals surface area contributed by atoms with Crippen LogP contribution in [0.25, 0.3) is 0 Å². The molecular weight excluding hydrogens is 248 g/mol. The van der Waals surface area contributed by atoms with Gasteiger partial charge in [0.05, 0.1) is 13.2 Å². The second kappa shape index (κ2) is 6.68. The van der Waals surface area contributed by atoms with Gasteiger partial charge >= 0.3 is 0 Å². The molecule has 0 atom stereocenters. The molecule has 0 aliphatic carbocycles. The summed E-state index contributed by atoms with van der Waals surface area (Å²) in [6, 6.07) is 7.36. The van der Waals surface area contributed by atoms with Crippen molar-refractivity contribution in [3.8, 4) is 11.5 Å². The van der Waals surface area contributed by atoms with Gasteiger partial charge in [-0.1, -0.05) is 22.0 Å². The van der Waals surface area contributed by atoms with E-state index in [4.69, 9.17) is 14.6 Å². The SMILES string of the molecule is OCCOc1cccc(OCCBr)c1. The third kappa shape index (κ3) is 3.98. The maximum atomic E-state index is 8.58. The molecule has 0 bridgehead atoms. The maximum Gasteiger partial charge on any atom is 0.123 e. The Balaban J connectivity index is 2.50. The van der Waals surface area contributed by atoms with Gasteiger partial charge < -0.3 is 14.6 Å². The molecule has 78 valence electrons. The van der Waals surface area contributed by atoms with Crippen molar-refractivity contribution in [1.82, 2.24) is 0 Å². The highest BCUT2D eigenvalue weighted by Gasteiger charge is 1.96. The second-order valence-corrected chi connectivity index (χ2v) is 3.38. The molecule has 0 radical (unpaired) electrons. The van der Waals surface area contributed by atoms with Crippen LogP contribution in [-0.2, 0) is 0 Å². The largest absolute Gasteiger partial charge is 0.493 e. The number of aliphatic hydroxyl groups is 1. The Hall–Kier alpha value is -0.740. The fourth-order valence-corrected chi connectivity index (χ4v) is 1.14. The van der Waals surface area contributed by atoms with E-state index in [1.165, 1.54) is 0 Å². The van der Waals surface area contributed by atoms with Crippen LogP contribution in [0.1, 0.15) is 0 Å². The molecule has 1 rings (SSSR count). The third-order valence-corrected chi connectivity index (χ3v) is 1.84. The normalized spacial score (nSPS) is 9.86. The topological polar surface area (TPSA) is 38.7 Å². The Labute approximate surface area is 91.8 Å². The Kier molecular flexibility index (Phi) is 5.40. The number of rotatable bonds is 6. The van der Waals surface area contributed by atoms with Crippen molar-refractivity contribution in [2.75, 3.05) is 25.2 Å². The van der Waals surface area contributed by atoms with Gasteiger partial charge in [-0.15, -0.1) is 0 Å². The summed E-state index contributed by atoms with van der Waals surface area (Å²) in [6.07, 6.45) is 0. The van der Waals surface area contributed by atoms with Crippen molar-refractivity contribution in [1.29, 1.82) is 0 Å². The van der Waals surface area contributed by atoms with E-state index in [1.54, 1.807) is 6.07 Å². The van der Waals surface area contributed by atoms with E-state index in [9.17, 15) is 0 Å². The standard InChI is InChI=1S/C10H13BrO3/c11-4-6-13-9-2-1-3-10(8-9)14-7-5-12/h1-3,8,12H,4-7H2. The highest BCUT2D eigenvalue weighted by Crippen LogP contribution is 2.19. The van der Waals surface area contributed by atoms with Crippen molar-refractivity contribution >= 4 is 15.9 Å². The molecule has 0 saturated carbocycles. The maximum absolute atomic E-state index is 8.58. The van der Waals surface area contributed by atoms with Gasteiger partial charge in [0.15, 0.2) is 0 Å². The predicted octanol–water partition coefficient (Wildman–Crippen LogP) is 1.83. The number of ether oxygens (including phenoxy) is 2. The number of alkyl halides is 1. The number of halogens is 1. The lowest BCUT2D eigenvalue weighted by atomic mass is 10.3. The van der Waals surface area contributed by atoms with Crippen molar-refractivity contribution in [2.45, 2.75) is 0 Å². The van der Waals surface area contributed by atoms with Gasteiger partial charge in [-0.3, -0.25) is 0 Å². The van der Waals surface area contributed by atoms with Crippen molar-refractivity contribution in [3.63, 3.8) is 0 Å². The van der Waals surface area contributed by atoms with Gasteiger partial charge in [0.1, 0.15) is 18.1 Å². The molecule has 0 saturated heterocycles. The molecule has 3 nitrogen and oxygen atoms in total. The van der Waals surface area contributed by atoms with E-state index < -0.39 is 0 Å². The number of hydrogen-bond donors (Lipinski definition) is 1. The molecule has 0 aliphatic rings. The zero-order valence-corrected chi connectivity index (χ0v) is 9.37. The molecule has 0 aromatic heterocycles. The van der Waals surface area contributed by atoms with Crippen molar-refractivity contribution in [3.05, 3.63) is 24.3 Å². The van der Waals surface area contributed by atoms with Gasteiger partial charge in [-0.2, -0.15) is 0 Å². The van der Waals surface area contributed by atoms with Crippen LogP contribution in [0.15, 0.2) is 24.3 Å². The summed E-state index contributed by atoms with van der Waals surface area (Å²) in [5, 5.41) is 9.38. The lowest BCUT2D eigenvalue weighted by Gasteiger charge is -2.07. The molecule has 1 aromatic carbocycles. The highest BCUT2D eigenvalue weighted by atomic mass is 79.9. The fraction of sp³-hybridized carbons (Fsp3) is 0.400. The minimum absolute atomic E-state index is 0.0203. The number of hydrogen-bond acceptors (Lipinski definition) is 3. The average Bonchev–Trinajstić information content (AvgIpc) is 2.24. The molecule has 0 heterocycles. The first kappa shape index (κ1) is 11.3. The van der Waals surface area contributed by atoms with E-state index in [-0.39, 0.29) is 6.61 Å². The van der Waals surface area contributed by atoms with E-state index in [0.29, 0.717) is 19.0 Å². The van der Waals surface area contributed by atoms with Crippen LogP contribution in [0.4, 0.5) is 0 Å². The Morgan fingerprint density at radius 2 is 1.79 bits per heavy atom. The summed E-state index contributed by atoms with van der Waals surface area (Å²) in [6.45, 7) is 0.956. The quantitative estimate of drug-likeness (QED) is 0.794. The first-order valence-corrected chi connectivity index (χ1v) is 5.51. The number of aliphatic hydroxyl groups excluding tert-OH is 1. The van der Waals surface area contributed by atoms with E-state index in [0.717, 1.165) is 11.1 Å². The molecule has 0 spiro atoms. The Morgan fingerprint density at radius 1 is 1.14 bits per heavy atom. The lowest BCUT2D eigenvalue weighted by molar-refractivity contribution is 0.200. The number of benzene rings is 1. The summed E-state index contributed by atoms with van der Waals surface area (Å²) < 4.78 is 10.6. The fourth-order valence-electron chi connectivity index (χ4n) is 0.974. The van der Waals surface area contributed by atoms with Crippen LogP contribution in [0.3, 0.4) is 0 Å². The Bertz CT molecular complexity index is 242. The van der Waals surface area contributed by atoms with Crippen LogP contribution >= 0.6 is 15.9 Å². The molecule has 14 heavy (non-hydrogen) atoms. The van der Waals surface area contributed by atoms with Crippen LogP contribution < -0.4 is 9.47 Å². The van der Waals surface area contributed by atoms with E-state index in [1.807, 2.05) is 18.2 Å². The van der Waals surface area contributed by atoms with Crippen LogP contribution in [0.5, 0.6) is 11.5 Å². The van der Waals surface area contributed by atoms with Gasteiger partial charge in [0.25, 0.3) is 0 Å². The summed E-state index contributed by atoms with van der Waals surface area (Å²) in [5.74, 6) is 1.49. The second-order valence-electron chi connectivity index (χ2n) is 2.58. The van der Waals surface area contributed by atoms with Crippen molar-refractivity contribution in [2.24, 2.45) is 0 Å². The zero-order valence-electron chi connectivity index (χ0n) is 7.78. The van der Waals surface area contributed by atoms with E-state index >= 15 is 0 Å². The third-order valence-electron chi connectivity index (χ3n) is 1.51. The molecule has 4 heteroatoms. The lowest BCUT2D eigenvalue weighted by Crippen LogP contribution is -2.02. The smallest absolute Gasteiger partial charge is 0.123 e. The van der Waals surface area contributed by atoms with Crippen LogP contribution in [0.2, 0.25) is 0 Å². The molecule has 0 unspecified atom stereocenters. The molecular formula is C10H13BrO3. The minimum atomic E-state index is 0.0203. The average molecular weight is 261 g/mol. The zero-order chi connectivity index (χ0) is 10.2. The van der Waals surface area contributed by atoms with Gasteiger partial charge in [-0.05, 0) is 12.1 Å². The Morgan fingerprint density at radius 3 is 2.36 bits per heavy atom. The van der Waals surface area contributed by atoms with Gasteiger partial charge in [0.2, 0.25) is 0 Å². The molecule has 0 amide bonds.